The maximum Gasteiger partial charge on any atom is 0.258 e. The number of carbonyl (C=O) groups is 3. The highest BCUT2D eigenvalue weighted by atomic mass is 16.2. The second kappa shape index (κ2) is 6.11. The van der Waals surface area contributed by atoms with Crippen LogP contribution in [0.25, 0.3) is 10.8 Å². The fourth-order valence-electron chi connectivity index (χ4n) is 3.29. The molecule has 0 spiro atoms. The molecular formula is C21H16N2O3. The van der Waals surface area contributed by atoms with Crippen LogP contribution in [0.2, 0.25) is 0 Å². The zero-order valence-electron chi connectivity index (χ0n) is 14.1. The maximum atomic E-state index is 12.6. The van der Waals surface area contributed by atoms with Gasteiger partial charge in [0.2, 0.25) is 0 Å². The number of hydrogen-bond donors (Lipinski definition) is 2. The van der Waals surface area contributed by atoms with Crippen LogP contribution < -0.4 is 10.6 Å². The first kappa shape index (κ1) is 16.0. The third-order valence-corrected chi connectivity index (χ3v) is 4.64. The maximum absolute atomic E-state index is 12.6. The van der Waals surface area contributed by atoms with Gasteiger partial charge in [0, 0.05) is 5.56 Å². The summed E-state index contributed by atoms with van der Waals surface area (Å²) in [4.78, 5) is 36.0. The molecule has 0 fully saturated rings. The molecule has 1 atom stereocenters. The van der Waals surface area contributed by atoms with Gasteiger partial charge in [-0.1, -0.05) is 42.5 Å². The van der Waals surface area contributed by atoms with Crippen molar-refractivity contribution >= 4 is 28.5 Å². The van der Waals surface area contributed by atoms with Gasteiger partial charge in [0.1, 0.15) is 0 Å². The lowest BCUT2D eigenvalue weighted by Gasteiger charge is -2.17. The number of carbonyl (C=O) groups excluding carboxylic acids is 3. The van der Waals surface area contributed by atoms with Crippen molar-refractivity contribution in [2.45, 2.75) is 13.0 Å². The number of benzene rings is 3. The molecule has 2 N–H and O–H groups in total. The lowest BCUT2D eigenvalue weighted by Crippen LogP contribution is -2.27. The number of amides is 3. The van der Waals surface area contributed by atoms with E-state index in [1.54, 1.807) is 6.07 Å². The van der Waals surface area contributed by atoms with Crippen molar-refractivity contribution in [2.24, 2.45) is 0 Å². The van der Waals surface area contributed by atoms with E-state index in [-0.39, 0.29) is 17.5 Å². The van der Waals surface area contributed by atoms with Gasteiger partial charge in [-0.15, -0.1) is 0 Å². The fourth-order valence-corrected chi connectivity index (χ4v) is 3.29. The van der Waals surface area contributed by atoms with Crippen molar-refractivity contribution < 1.29 is 14.4 Å². The molecule has 3 aromatic carbocycles. The fraction of sp³-hybridized carbons (Fsp3) is 0.0952. The Morgan fingerprint density at radius 1 is 0.923 bits per heavy atom. The van der Waals surface area contributed by atoms with Crippen LogP contribution in [0, 0.1) is 0 Å². The Kier molecular flexibility index (Phi) is 3.77. The highest BCUT2D eigenvalue weighted by molar-refractivity contribution is 6.22. The van der Waals surface area contributed by atoms with Crippen molar-refractivity contribution in [2.75, 3.05) is 0 Å². The third-order valence-electron chi connectivity index (χ3n) is 4.64. The minimum Gasteiger partial charge on any atom is -0.345 e. The van der Waals surface area contributed by atoms with Gasteiger partial charge in [0.05, 0.1) is 17.2 Å². The monoisotopic (exact) mass is 344 g/mol. The molecule has 5 nitrogen and oxygen atoms in total. The van der Waals surface area contributed by atoms with Crippen LogP contribution in [0.15, 0.2) is 60.7 Å². The van der Waals surface area contributed by atoms with Gasteiger partial charge in [0.25, 0.3) is 17.7 Å². The van der Waals surface area contributed by atoms with Gasteiger partial charge < -0.3 is 5.32 Å². The zero-order valence-corrected chi connectivity index (χ0v) is 14.1. The lowest BCUT2D eigenvalue weighted by atomic mass is 9.99. The molecule has 1 heterocycles. The number of rotatable bonds is 3. The summed E-state index contributed by atoms with van der Waals surface area (Å²) in [5.74, 6) is -1.19. The van der Waals surface area contributed by atoms with E-state index in [0.717, 1.165) is 16.3 Å². The Morgan fingerprint density at radius 2 is 1.65 bits per heavy atom. The number of imide groups is 1. The highest BCUT2D eigenvalue weighted by Gasteiger charge is 2.27. The van der Waals surface area contributed by atoms with E-state index in [1.165, 1.54) is 12.1 Å². The van der Waals surface area contributed by atoms with Crippen LogP contribution >= 0.6 is 0 Å². The Bertz CT molecular complexity index is 1070. The number of nitrogens with one attached hydrogen (secondary N) is 2. The average molecular weight is 344 g/mol. The number of fused-ring (bicyclic) bond motifs is 2. The van der Waals surface area contributed by atoms with E-state index in [1.807, 2.05) is 49.4 Å². The van der Waals surface area contributed by atoms with E-state index < -0.39 is 11.8 Å². The van der Waals surface area contributed by atoms with Crippen LogP contribution in [0.5, 0.6) is 0 Å². The van der Waals surface area contributed by atoms with Crippen LogP contribution in [0.1, 0.15) is 49.6 Å². The summed E-state index contributed by atoms with van der Waals surface area (Å²) >= 11 is 0. The normalized spacial score (nSPS) is 14.0. The molecule has 5 heteroatoms. The van der Waals surface area contributed by atoms with Crippen molar-refractivity contribution in [3.05, 3.63) is 82.9 Å². The van der Waals surface area contributed by atoms with E-state index in [0.29, 0.717) is 11.1 Å². The molecule has 0 bridgehead atoms. The number of hydrogen-bond acceptors (Lipinski definition) is 3. The van der Waals surface area contributed by atoms with E-state index in [9.17, 15) is 14.4 Å². The molecule has 26 heavy (non-hydrogen) atoms. The SMILES string of the molecule is C[C@@H](NC(=O)c1ccc2c(c1)C(=O)NC2=O)c1cccc2ccccc12. The molecule has 3 amide bonds. The molecule has 4 rings (SSSR count). The van der Waals surface area contributed by atoms with Gasteiger partial charge >= 0.3 is 0 Å². The van der Waals surface area contributed by atoms with Crippen LogP contribution in [-0.2, 0) is 0 Å². The summed E-state index contributed by atoms with van der Waals surface area (Å²) in [6, 6.07) is 18.3. The summed E-state index contributed by atoms with van der Waals surface area (Å²) in [6.45, 7) is 1.92. The molecule has 0 unspecified atom stereocenters. The summed E-state index contributed by atoms with van der Waals surface area (Å²) in [5, 5.41) is 7.39. The Balaban J connectivity index is 1.61. The molecular weight excluding hydrogens is 328 g/mol. The standard InChI is InChI=1S/C21H16N2O3/c1-12(15-8-4-6-13-5-2-3-7-16(13)15)22-19(24)14-9-10-17-18(11-14)21(26)23-20(17)25/h2-12H,1H3,(H,22,24)(H,23,25,26)/t12-/m1/s1. The Morgan fingerprint density at radius 3 is 2.50 bits per heavy atom. The molecule has 128 valence electrons. The topological polar surface area (TPSA) is 75.3 Å². The van der Waals surface area contributed by atoms with Gasteiger partial charge in [-0.2, -0.15) is 0 Å². The Hall–Kier alpha value is -3.47. The molecule has 3 aromatic rings. The van der Waals surface area contributed by atoms with E-state index in [4.69, 9.17) is 0 Å². The summed E-state index contributed by atoms with van der Waals surface area (Å²) in [7, 11) is 0. The first-order chi connectivity index (χ1) is 12.5. The molecule has 1 aliphatic rings. The molecule has 0 radical (unpaired) electrons. The zero-order chi connectivity index (χ0) is 18.3. The minimum atomic E-state index is -0.471. The second-order valence-electron chi connectivity index (χ2n) is 6.31. The van der Waals surface area contributed by atoms with Crippen LogP contribution in [-0.4, -0.2) is 17.7 Å². The quantitative estimate of drug-likeness (QED) is 0.717. The molecule has 1 aliphatic heterocycles. The molecule has 0 saturated carbocycles. The largest absolute Gasteiger partial charge is 0.345 e. The van der Waals surface area contributed by atoms with Gasteiger partial charge in [-0.05, 0) is 41.5 Å². The van der Waals surface area contributed by atoms with Gasteiger partial charge in [0.15, 0.2) is 0 Å². The van der Waals surface area contributed by atoms with E-state index >= 15 is 0 Å². The average Bonchev–Trinajstić information content (AvgIpc) is 2.94. The van der Waals surface area contributed by atoms with Gasteiger partial charge in [-0.3, -0.25) is 19.7 Å². The summed E-state index contributed by atoms with van der Waals surface area (Å²) in [5.41, 5.74) is 1.90. The Labute approximate surface area is 150 Å². The third kappa shape index (κ3) is 2.63. The van der Waals surface area contributed by atoms with Crippen LogP contribution in [0.4, 0.5) is 0 Å². The van der Waals surface area contributed by atoms with Gasteiger partial charge in [-0.25, -0.2) is 0 Å². The first-order valence-corrected chi connectivity index (χ1v) is 8.33. The van der Waals surface area contributed by atoms with Crippen molar-refractivity contribution in [3.8, 4) is 0 Å². The van der Waals surface area contributed by atoms with Crippen molar-refractivity contribution in [1.29, 1.82) is 0 Å². The van der Waals surface area contributed by atoms with Crippen LogP contribution in [0.3, 0.4) is 0 Å². The van der Waals surface area contributed by atoms with E-state index in [2.05, 4.69) is 10.6 Å². The molecule has 0 aliphatic carbocycles. The molecule has 0 aromatic heterocycles. The van der Waals surface area contributed by atoms with Crippen molar-refractivity contribution in [1.82, 2.24) is 10.6 Å². The summed E-state index contributed by atoms with van der Waals surface area (Å²) in [6.07, 6.45) is 0. The predicted octanol–water partition coefficient (Wildman–Crippen LogP) is 3.21. The predicted molar refractivity (Wildman–Crippen MR) is 98.1 cm³/mol. The lowest BCUT2D eigenvalue weighted by molar-refractivity contribution is 0.0878. The molecule has 0 saturated heterocycles. The minimum absolute atomic E-state index is 0.211. The second-order valence-corrected chi connectivity index (χ2v) is 6.31. The smallest absolute Gasteiger partial charge is 0.258 e. The summed E-state index contributed by atoms with van der Waals surface area (Å²) < 4.78 is 0. The van der Waals surface area contributed by atoms with Crippen molar-refractivity contribution in [3.63, 3.8) is 0 Å². The highest BCUT2D eigenvalue weighted by Crippen LogP contribution is 2.24. The first-order valence-electron chi connectivity index (χ1n) is 8.33.